The minimum Gasteiger partial charge on any atom is -0.381 e. The minimum atomic E-state index is -0.196. The van der Waals surface area contributed by atoms with Crippen molar-refractivity contribution in [2.24, 2.45) is 5.92 Å². The molecule has 1 fully saturated rings. The summed E-state index contributed by atoms with van der Waals surface area (Å²) < 4.78 is 10.8. The lowest BCUT2D eigenvalue weighted by Crippen LogP contribution is -2.41. The Kier molecular flexibility index (Phi) is 5.40. The number of rotatable bonds is 5. The number of hydrogen-bond acceptors (Lipinski definition) is 3. The Hall–Kier alpha value is -1.10. The van der Waals surface area contributed by atoms with Gasteiger partial charge in [-0.1, -0.05) is 23.7 Å². The zero-order valence-electron chi connectivity index (χ0n) is 11.8. The van der Waals surface area contributed by atoms with Crippen molar-refractivity contribution in [2.45, 2.75) is 25.5 Å². The van der Waals surface area contributed by atoms with Crippen LogP contribution in [-0.2, 0) is 14.3 Å². The van der Waals surface area contributed by atoms with Gasteiger partial charge in [0.15, 0.2) is 0 Å². The molecule has 0 aliphatic carbocycles. The summed E-state index contributed by atoms with van der Waals surface area (Å²) >= 11 is 5.89. The summed E-state index contributed by atoms with van der Waals surface area (Å²) in [6.07, 6.45) is 0.593. The van der Waals surface area contributed by atoms with Crippen molar-refractivity contribution < 1.29 is 14.3 Å². The summed E-state index contributed by atoms with van der Waals surface area (Å²) in [5.41, 5.74) is 0.993. The highest BCUT2D eigenvalue weighted by atomic mass is 35.5. The molecule has 1 aromatic carbocycles. The molecule has 0 unspecified atom stereocenters. The van der Waals surface area contributed by atoms with E-state index in [9.17, 15) is 4.79 Å². The van der Waals surface area contributed by atoms with Crippen molar-refractivity contribution in [1.82, 2.24) is 5.32 Å². The molecule has 1 heterocycles. The van der Waals surface area contributed by atoms with E-state index in [1.807, 2.05) is 31.2 Å². The van der Waals surface area contributed by atoms with Gasteiger partial charge in [-0.25, -0.2) is 0 Å². The van der Waals surface area contributed by atoms with Crippen LogP contribution in [0.15, 0.2) is 24.3 Å². The lowest BCUT2D eigenvalue weighted by Gasteiger charge is -2.25. The fourth-order valence-electron chi connectivity index (χ4n) is 2.44. The monoisotopic (exact) mass is 297 g/mol. The SMILES string of the molecule is CO[C@H](c1ccc(Cl)cc1)[C@@H](C)NC(=O)[C@@H]1CCOC1. The smallest absolute Gasteiger partial charge is 0.225 e. The van der Waals surface area contributed by atoms with E-state index in [4.69, 9.17) is 21.1 Å². The van der Waals surface area contributed by atoms with Gasteiger partial charge in [-0.15, -0.1) is 0 Å². The summed E-state index contributed by atoms with van der Waals surface area (Å²) in [5.74, 6) is -0.00816. The van der Waals surface area contributed by atoms with Gasteiger partial charge >= 0.3 is 0 Å². The van der Waals surface area contributed by atoms with Crippen LogP contribution in [0.2, 0.25) is 5.02 Å². The minimum absolute atomic E-state index is 0.0333. The number of halogens is 1. The molecule has 1 aliphatic rings. The molecule has 0 bridgehead atoms. The highest BCUT2D eigenvalue weighted by Crippen LogP contribution is 2.23. The normalized spacial score (nSPS) is 21.4. The van der Waals surface area contributed by atoms with E-state index >= 15 is 0 Å². The highest BCUT2D eigenvalue weighted by Gasteiger charge is 2.27. The first-order chi connectivity index (χ1) is 9.61. The van der Waals surface area contributed by atoms with Crippen LogP contribution >= 0.6 is 11.6 Å². The first-order valence-electron chi connectivity index (χ1n) is 6.78. The lowest BCUT2D eigenvalue weighted by atomic mass is 10.0. The van der Waals surface area contributed by atoms with E-state index in [1.54, 1.807) is 7.11 Å². The number of carbonyl (C=O) groups is 1. The molecule has 20 heavy (non-hydrogen) atoms. The number of hydrogen-bond donors (Lipinski definition) is 1. The highest BCUT2D eigenvalue weighted by molar-refractivity contribution is 6.30. The van der Waals surface area contributed by atoms with Crippen molar-refractivity contribution in [3.8, 4) is 0 Å². The molecule has 3 atom stereocenters. The molecule has 1 amide bonds. The van der Waals surface area contributed by atoms with Crippen LogP contribution in [0, 0.1) is 5.92 Å². The first kappa shape index (κ1) is 15.3. The van der Waals surface area contributed by atoms with Gasteiger partial charge in [0.1, 0.15) is 6.10 Å². The van der Waals surface area contributed by atoms with Crippen LogP contribution in [-0.4, -0.2) is 32.3 Å². The van der Waals surface area contributed by atoms with E-state index in [2.05, 4.69) is 5.32 Å². The number of methoxy groups -OCH3 is 1. The molecule has 0 saturated carbocycles. The predicted octanol–water partition coefficient (Wildman–Crippen LogP) is 2.57. The predicted molar refractivity (Wildman–Crippen MR) is 77.7 cm³/mol. The molecule has 1 aromatic rings. The molecular weight excluding hydrogens is 278 g/mol. The quantitative estimate of drug-likeness (QED) is 0.908. The maximum Gasteiger partial charge on any atom is 0.225 e. The zero-order chi connectivity index (χ0) is 14.5. The maximum atomic E-state index is 12.1. The third kappa shape index (κ3) is 3.72. The van der Waals surface area contributed by atoms with Gasteiger partial charge in [-0.3, -0.25) is 4.79 Å². The first-order valence-corrected chi connectivity index (χ1v) is 7.16. The molecule has 1 aliphatic heterocycles. The second-order valence-corrected chi connectivity index (χ2v) is 5.50. The third-order valence-electron chi connectivity index (χ3n) is 3.58. The third-order valence-corrected chi connectivity index (χ3v) is 3.83. The molecule has 1 N–H and O–H groups in total. The Labute approximate surface area is 124 Å². The van der Waals surface area contributed by atoms with Crippen molar-refractivity contribution >= 4 is 17.5 Å². The van der Waals surface area contributed by atoms with E-state index in [0.717, 1.165) is 12.0 Å². The Morgan fingerprint density at radius 2 is 2.15 bits per heavy atom. The van der Waals surface area contributed by atoms with Crippen LogP contribution in [0.5, 0.6) is 0 Å². The molecular formula is C15H20ClNO3. The molecule has 2 rings (SSSR count). The van der Waals surface area contributed by atoms with Gasteiger partial charge in [-0.05, 0) is 31.0 Å². The molecule has 0 aromatic heterocycles. The van der Waals surface area contributed by atoms with E-state index in [0.29, 0.717) is 18.2 Å². The molecule has 110 valence electrons. The Balaban J connectivity index is 1.99. The van der Waals surface area contributed by atoms with Crippen LogP contribution in [0.25, 0.3) is 0 Å². The van der Waals surface area contributed by atoms with Gasteiger partial charge in [0.05, 0.1) is 18.6 Å². The molecule has 1 saturated heterocycles. The topological polar surface area (TPSA) is 47.6 Å². The van der Waals surface area contributed by atoms with Gasteiger partial charge in [0, 0.05) is 18.7 Å². The van der Waals surface area contributed by atoms with Crippen LogP contribution < -0.4 is 5.32 Å². The maximum absolute atomic E-state index is 12.1. The number of ether oxygens (including phenoxy) is 2. The van der Waals surface area contributed by atoms with Crippen LogP contribution in [0.3, 0.4) is 0 Å². The number of nitrogens with one attached hydrogen (secondary N) is 1. The summed E-state index contributed by atoms with van der Waals surface area (Å²) in [6, 6.07) is 7.36. The van der Waals surface area contributed by atoms with Crippen LogP contribution in [0.1, 0.15) is 25.0 Å². The van der Waals surface area contributed by atoms with Crippen LogP contribution in [0.4, 0.5) is 0 Å². The van der Waals surface area contributed by atoms with Gasteiger partial charge < -0.3 is 14.8 Å². The van der Waals surface area contributed by atoms with Gasteiger partial charge in [0.25, 0.3) is 0 Å². The van der Waals surface area contributed by atoms with Gasteiger partial charge in [-0.2, -0.15) is 0 Å². The summed E-state index contributed by atoms with van der Waals surface area (Å²) in [5, 5.41) is 3.69. The average Bonchev–Trinajstić information content (AvgIpc) is 2.96. The molecule has 0 radical (unpaired) electrons. The number of carbonyl (C=O) groups excluding carboxylic acids is 1. The fourth-order valence-corrected chi connectivity index (χ4v) is 2.57. The Bertz CT molecular complexity index is 443. The summed E-state index contributed by atoms with van der Waals surface area (Å²) in [7, 11) is 1.64. The average molecular weight is 298 g/mol. The Morgan fingerprint density at radius 3 is 2.70 bits per heavy atom. The summed E-state index contributed by atoms with van der Waals surface area (Å²) in [6.45, 7) is 3.12. The Morgan fingerprint density at radius 1 is 1.45 bits per heavy atom. The molecule has 5 heteroatoms. The van der Waals surface area contributed by atoms with E-state index in [-0.39, 0.29) is 24.0 Å². The second-order valence-electron chi connectivity index (χ2n) is 5.07. The van der Waals surface area contributed by atoms with Crippen molar-refractivity contribution in [2.75, 3.05) is 20.3 Å². The molecule has 4 nitrogen and oxygen atoms in total. The largest absolute Gasteiger partial charge is 0.381 e. The summed E-state index contributed by atoms with van der Waals surface area (Å²) in [4.78, 5) is 12.1. The standard InChI is InChI=1S/C15H20ClNO3/c1-10(17-15(18)12-7-8-20-9-12)14(19-2)11-3-5-13(16)6-4-11/h3-6,10,12,14H,7-9H2,1-2H3,(H,17,18)/t10-,12-,14+/m1/s1. The zero-order valence-corrected chi connectivity index (χ0v) is 12.5. The van der Waals surface area contributed by atoms with Crippen molar-refractivity contribution in [3.05, 3.63) is 34.9 Å². The fraction of sp³-hybridized carbons (Fsp3) is 0.533. The van der Waals surface area contributed by atoms with Crippen molar-refractivity contribution in [1.29, 1.82) is 0 Å². The number of amides is 1. The number of benzene rings is 1. The van der Waals surface area contributed by atoms with E-state index in [1.165, 1.54) is 0 Å². The lowest BCUT2D eigenvalue weighted by molar-refractivity contribution is -0.126. The van der Waals surface area contributed by atoms with Gasteiger partial charge in [0.2, 0.25) is 5.91 Å². The van der Waals surface area contributed by atoms with Crippen molar-refractivity contribution in [3.63, 3.8) is 0 Å². The second kappa shape index (κ2) is 7.07. The van der Waals surface area contributed by atoms with E-state index < -0.39 is 0 Å². The molecule has 0 spiro atoms.